The van der Waals surface area contributed by atoms with Crippen molar-refractivity contribution in [2.24, 2.45) is 5.73 Å². The summed E-state index contributed by atoms with van der Waals surface area (Å²) in [5, 5.41) is 3.24. The van der Waals surface area contributed by atoms with Crippen LogP contribution in [0.2, 0.25) is 0 Å². The Morgan fingerprint density at radius 1 is 1.47 bits per heavy atom. The molecule has 4 heteroatoms. The molecule has 0 aliphatic heterocycles. The van der Waals surface area contributed by atoms with E-state index in [2.05, 4.69) is 22.5 Å². The van der Waals surface area contributed by atoms with E-state index in [1.54, 1.807) is 11.3 Å². The molecule has 2 aromatic rings. The van der Waals surface area contributed by atoms with Crippen molar-refractivity contribution in [1.29, 1.82) is 0 Å². The zero-order valence-corrected chi connectivity index (χ0v) is 9.90. The Hall–Kier alpha value is -0.710. The number of nitrogens with zero attached hydrogens (tertiary/aromatic N) is 1. The van der Waals surface area contributed by atoms with Crippen molar-refractivity contribution in [1.82, 2.24) is 4.98 Å². The quantitative estimate of drug-likeness (QED) is 0.825. The summed E-state index contributed by atoms with van der Waals surface area (Å²) in [7, 11) is 0. The number of thiophene rings is 1. The number of aryl methyl sites for hydroxylation is 1. The van der Waals surface area contributed by atoms with Crippen molar-refractivity contribution in [3.63, 3.8) is 0 Å². The molecule has 3 rings (SSSR count). The van der Waals surface area contributed by atoms with E-state index in [9.17, 15) is 0 Å². The van der Waals surface area contributed by atoms with Crippen LogP contribution in [0.15, 0.2) is 17.5 Å². The summed E-state index contributed by atoms with van der Waals surface area (Å²) in [6.45, 7) is 0. The molecule has 0 amide bonds. The van der Waals surface area contributed by atoms with Crippen molar-refractivity contribution in [2.45, 2.75) is 25.3 Å². The van der Waals surface area contributed by atoms with Gasteiger partial charge in [0.2, 0.25) is 0 Å². The lowest BCUT2D eigenvalue weighted by Crippen LogP contribution is -2.16. The highest BCUT2D eigenvalue weighted by atomic mass is 32.1. The molecule has 0 spiro atoms. The highest BCUT2D eigenvalue weighted by molar-refractivity contribution is 7.21. The fraction of sp³-hybridized carbons (Fsp3) is 0.364. The lowest BCUT2D eigenvalue weighted by molar-refractivity contribution is 0.564. The van der Waals surface area contributed by atoms with Gasteiger partial charge in [-0.3, -0.25) is 0 Å². The van der Waals surface area contributed by atoms with Crippen molar-refractivity contribution in [3.8, 4) is 9.88 Å². The van der Waals surface area contributed by atoms with Crippen LogP contribution in [0, 0.1) is 0 Å². The summed E-state index contributed by atoms with van der Waals surface area (Å²) in [4.78, 5) is 7.34. The van der Waals surface area contributed by atoms with E-state index in [1.807, 2.05) is 11.3 Å². The second kappa shape index (κ2) is 3.70. The summed E-state index contributed by atoms with van der Waals surface area (Å²) in [6, 6.07) is 4.36. The van der Waals surface area contributed by atoms with Gasteiger partial charge in [-0.2, -0.15) is 0 Å². The van der Waals surface area contributed by atoms with E-state index in [1.165, 1.54) is 16.2 Å². The molecule has 0 aromatic carbocycles. The minimum Gasteiger partial charge on any atom is -0.323 e. The first kappa shape index (κ1) is 9.51. The SMILES string of the molecule is NC1CCCc2sc(-c3cccs3)nc21. The Morgan fingerprint density at radius 3 is 3.13 bits per heavy atom. The van der Waals surface area contributed by atoms with Crippen LogP contribution in [0.4, 0.5) is 0 Å². The molecule has 2 N–H and O–H groups in total. The number of rotatable bonds is 1. The van der Waals surface area contributed by atoms with Crippen molar-refractivity contribution >= 4 is 22.7 Å². The summed E-state index contributed by atoms with van der Waals surface area (Å²) in [5.41, 5.74) is 7.21. The standard InChI is InChI=1S/C11H12N2S2/c12-7-3-1-4-8-10(7)13-11(15-8)9-5-2-6-14-9/h2,5-7H,1,3-4,12H2. The first-order valence-corrected chi connectivity index (χ1v) is 6.83. The Labute approximate surface area is 96.8 Å². The second-order valence-electron chi connectivity index (χ2n) is 3.80. The monoisotopic (exact) mass is 236 g/mol. The third kappa shape index (κ3) is 1.62. The fourth-order valence-electron chi connectivity index (χ4n) is 1.96. The molecule has 0 radical (unpaired) electrons. The van der Waals surface area contributed by atoms with E-state index in [-0.39, 0.29) is 6.04 Å². The van der Waals surface area contributed by atoms with Crippen LogP contribution < -0.4 is 5.73 Å². The maximum Gasteiger partial charge on any atom is 0.133 e. The number of hydrogen-bond acceptors (Lipinski definition) is 4. The minimum atomic E-state index is 0.165. The first-order valence-electron chi connectivity index (χ1n) is 5.13. The topological polar surface area (TPSA) is 38.9 Å². The summed E-state index contributed by atoms with van der Waals surface area (Å²) < 4.78 is 0. The van der Waals surface area contributed by atoms with Crippen LogP contribution in [0.5, 0.6) is 0 Å². The highest BCUT2D eigenvalue weighted by Gasteiger charge is 2.22. The van der Waals surface area contributed by atoms with Gasteiger partial charge in [0.05, 0.1) is 10.6 Å². The fourth-order valence-corrected chi connectivity index (χ4v) is 3.93. The molecule has 1 atom stereocenters. The van der Waals surface area contributed by atoms with E-state index in [0.717, 1.165) is 23.5 Å². The van der Waals surface area contributed by atoms with Gasteiger partial charge in [0.1, 0.15) is 5.01 Å². The number of aromatic nitrogens is 1. The van der Waals surface area contributed by atoms with Gasteiger partial charge in [0.25, 0.3) is 0 Å². The van der Waals surface area contributed by atoms with E-state index < -0.39 is 0 Å². The molecule has 0 bridgehead atoms. The van der Waals surface area contributed by atoms with Gasteiger partial charge in [-0.25, -0.2) is 4.98 Å². The molecule has 1 aliphatic carbocycles. The molecule has 0 fully saturated rings. The smallest absolute Gasteiger partial charge is 0.133 e. The predicted molar refractivity (Wildman–Crippen MR) is 65.3 cm³/mol. The maximum absolute atomic E-state index is 6.06. The third-order valence-electron chi connectivity index (χ3n) is 2.73. The van der Waals surface area contributed by atoms with Crippen LogP contribution in [-0.4, -0.2) is 4.98 Å². The molecule has 1 aliphatic rings. The lowest BCUT2D eigenvalue weighted by atomic mass is 9.99. The van der Waals surface area contributed by atoms with Gasteiger partial charge in [-0.05, 0) is 30.7 Å². The Balaban J connectivity index is 2.06. The van der Waals surface area contributed by atoms with Crippen LogP contribution in [-0.2, 0) is 6.42 Å². The van der Waals surface area contributed by atoms with Gasteiger partial charge in [0, 0.05) is 10.9 Å². The van der Waals surface area contributed by atoms with Crippen LogP contribution in [0.25, 0.3) is 9.88 Å². The maximum atomic E-state index is 6.06. The molecule has 0 saturated carbocycles. The molecule has 2 aromatic heterocycles. The molecular weight excluding hydrogens is 224 g/mol. The molecular formula is C11H12N2S2. The van der Waals surface area contributed by atoms with Gasteiger partial charge >= 0.3 is 0 Å². The molecule has 0 saturated heterocycles. The largest absolute Gasteiger partial charge is 0.323 e. The summed E-state index contributed by atoms with van der Waals surface area (Å²) >= 11 is 3.56. The second-order valence-corrected chi connectivity index (χ2v) is 5.83. The van der Waals surface area contributed by atoms with Crippen LogP contribution in [0.3, 0.4) is 0 Å². The Kier molecular flexibility index (Phi) is 2.35. The molecule has 78 valence electrons. The van der Waals surface area contributed by atoms with Gasteiger partial charge in [-0.15, -0.1) is 22.7 Å². The average Bonchev–Trinajstić information content (AvgIpc) is 2.86. The normalized spacial score (nSPS) is 20.2. The Morgan fingerprint density at radius 2 is 2.40 bits per heavy atom. The van der Waals surface area contributed by atoms with Gasteiger partial charge in [-0.1, -0.05) is 6.07 Å². The van der Waals surface area contributed by atoms with Crippen molar-refractivity contribution < 1.29 is 0 Å². The Bertz CT molecular complexity index is 459. The van der Waals surface area contributed by atoms with Gasteiger partial charge < -0.3 is 5.73 Å². The zero-order valence-electron chi connectivity index (χ0n) is 8.27. The minimum absolute atomic E-state index is 0.165. The molecule has 2 heterocycles. The molecule has 1 unspecified atom stereocenters. The van der Waals surface area contributed by atoms with E-state index >= 15 is 0 Å². The average molecular weight is 236 g/mol. The third-order valence-corrected chi connectivity index (χ3v) is 4.90. The van der Waals surface area contributed by atoms with Crippen LogP contribution >= 0.6 is 22.7 Å². The summed E-state index contributed by atoms with van der Waals surface area (Å²) in [6.07, 6.45) is 3.45. The predicted octanol–water partition coefficient (Wildman–Crippen LogP) is 3.21. The molecule has 2 nitrogen and oxygen atoms in total. The molecule has 15 heavy (non-hydrogen) atoms. The number of hydrogen-bond donors (Lipinski definition) is 1. The zero-order chi connectivity index (χ0) is 10.3. The lowest BCUT2D eigenvalue weighted by Gasteiger charge is -2.15. The van der Waals surface area contributed by atoms with E-state index in [0.29, 0.717) is 0 Å². The highest BCUT2D eigenvalue weighted by Crippen LogP contribution is 2.37. The summed E-state index contributed by atoms with van der Waals surface area (Å²) in [5.74, 6) is 0. The van der Waals surface area contributed by atoms with Crippen molar-refractivity contribution in [2.75, 3.05) is 0 Å². The number of fused-ring (bicyclic) bond motifs is 1. The van der Waals surface area contributed by atoms with E-state index in [4.69, 9.17) is 5.73 Å². The first-order chi connectivity index (χ1) is 7.34. The van der Waals surface area contributed by atoms with Crippen LogP contribution in [0.1, 0.15) is 29.5 Å². The van der Waals surface area contributed by atoms with Crippen molar-refractivity contribution in [3.05, 3.63) is 28.1 Å². The number of nitrogens with two attached hydrogens (primary N) is 1. The number of thiazole rings is 1. The van der Waals surface area contributed by atoms with Gasteiger partial charge in [0.15, 0.2) is 0 Å².